The Morgan fingerprint density at radius 1 is 1.07 bits per heavy atom. The van der Waals surface area contributed by atoms with Crippen LogP contribution in [0.1, 0.15) is 33.3 Å². The number of Topliss-reactive ketones (excluding diaryl/α,β-unsaturated/α-hetero) is 1. The lowest BCUT2D eigenvalue weighted by Gasteiger charge is -2.22. The zero-order chi connectivity index (χ0) is 21.6. The smallest absolute Gasteiger partial charge is 0.301 e. The van der Waals surface area contributed by atoms with Crippen LogP contribution in [-0.2, 0) is 9.59 Å². The monoisotopic (exact) mass is 439 g/mol. The van der Waals surface area contributed by atoms with E-state index in [-0.39, 0.29) is 11.3 Å². The number of nitrogens with zero attached hydrogens (tertiary/aromatic N) is 3. The molecule has 0 spiro atoms. The first-order chi connectivity index (χ1) is 14.3. The van der Waals surface area contributed by atoms with Crippen molar-refractivity contribution in [1.29, 1.82) is 0 Å². The highest BCUT2D eigenvalue weighted by atomic mass is 35.5. The minimum absolute atomic E-state index is 0.0175. The third-order valence-electron chi connectivity index (χ3n) is 5.00. The molecule has 0 saturated carbocycles. The van der Waals surface area contributed by atoms with Crippen molar-refractivity contribution in [3.63, 3.8) is 0 Å². The van der Waals surface area contributed by atoms with Crippen LogP contribution in [0.4, 0.5) is 5.13 Å². The molecule has 0 bridgehead atoms. The second-order valence-corrected chi connectivity index (χ2v) is 8.74. The van der Waals surface area contributed by atoms with E-state index in [4.69, 9.17) is 11.6 Å². The third kappa shape index (κ3) is 3.40. The Morgan fingerprint density at radius 3 is 2.40 bits per heavy atom. The van der Waals surface area contributed by atoms with Crippen LogP contribution in [0.3, 0.4) is 0 Å². The van der Waals surface area contributed by atoms with Gasteiger partial charge in [-0.3, -0.25) is 14.5 Å². The molecular weight excluding hydrogens is 422 g/mol. The van der Waals surface area contributed by atoms with Crippen LogP contribution >= 0.6 is 22.9 Å². The second kappa shape index (κ2) is 7.66. The summed E-state index contributed by atoms with van der Waals surface area (Å²) in [4.78, 5) is 27.4. The number of anilines is 1. The molecule has 1 N–H and O–H groups in total. The fourth-order valence-corrected chi connectivity index (χ4v) is 4.35. The van der Waals surface area contributed by atoms with E-state index in [2.05, 4.69) is 10.2 Å². The van der Waals surface area contributed by atoms with Gasteiger partial charge in [0.05, 0.1) is 11.6 Å². The van der Waals surface area contributed by atoms with Gasteiger partial charge < -0.3 is 5.11 Å². The molecule has 8 heteroatoms. The van der Waals surface area contributed by atoms with Crippen LogP contribution in [0, 0.1) is 20.8 Å². The molecule has 1 aliphatic rings. The number of carbonyl (C=O) groups excluding carboxylic acids is 2. The minimum Gasteiger partial charge on any atom is -0.507 e. The quantitative estimate of drug-likeness (QED) is 0.362. The molecule has 0 aliphatic carbocycles. The van der Waals surface area contributed by atoms with Gasteiger partial charge in [0, 0.05) is 10.6 Å². The van der Waals surface area contributed by atoms with Gasteiger partial charge in [-0.15, -0.1) is 10.2 Å². The number of aliphatic hydroxyl groups excluding tert-OH is 1. The van der Waals surface area contributed by atoms with Crippen molar-refractivity contribution in [3.05, 3.63) is 80.3 Å². The van der Waals surface area contributed by atoms with E-state index in [0.29, 0.717) is 26.3 Å². The number of aliphatic hydroxyl groups is 1. The van der Waals surface area contributed by atoms with Gasteiger partial charge in [0.25, 0.3) is 5.78 Å². The van der Waals surface area contributed by atoms with Crippen LogP contribution in [0.15, 0.2) is 48.0 Å². The van der Waals surface area contributed by atoms with Crippen molar-refractivity contribution < 1.29 is 14.7 Å². The third-order valence-corrected chi connectivity index (χ3v) is 6.09. The average molecular weight is 440 g/mol. The van der Waals surface area contributed by atoms with E-state index in [1.807, 2.05) is 26.0 Å². The Labute approximate surface area is 182 Å². The van der Waals surface area contributed by atoms with Crippen LogP contribution in [0.5, 0.6) is 0 Å². The molecule has 6 nitrogen and oxygen atoms in total. The van der Waals surface area contributed by atoms with Crippen molar-refractivity contribution in [3.8, 4) is 0 Å². The van der Waals surface area contributed by atoms with Gasteiger partial charge in [0.1, 0.15) is 10.8 Å². The molecule has 1 saturated heterocycles. The van der Waals surface area contributed by atoms with Crippen LogP contribution in [0.2, 0.25) is 5.02 Å². The minimum atomic E-state index is -0.838. The van der Waals surface area contributed by atoms with Crippen molar-refractivity contribution in [2.24, 2.45) is 0 Å². The second-order valence-electron chi connectivity index (χ2n) is 7.14. The van der Waals surface area contributed by atoms with Gasteiger partial charge in [-0.05, 0) is 50.1 Å². The number of halogens is 1. The molecule has 30 heavy (non-hydrogen) atoms. The Morgan fingerprint density at radius 2 is 1.77 bits per heavy atom. The molecule has 1 aromatic heterocycles. The summed E-state index contributed by atoms with van der Waals surface area (Å²) >= 11 is 7.24. The number of ketones is 1. The summed E-state index contributed by atoms with van der Waals surface area (Å²) in [6.45, 7) is 5.51. The number of benzene rings is 2. The lowest BCUT2D eigenvalue weighted by atomic mass is 9.93. The van der Waals surface area contributed by atoms with Gasteiger partial charge in [-0.1, -0.05) is 52.8 Å². The maximum atomic E-state index is 13.1. The molecule has 152 valence electrons. The van der Waals surface area contributed by atoms with Crippen LogP contribution in [-0.4, -0.2) is 27.0 Å². The molecule has 1 amide bonds. The van der Waals surface area contributed by atoms with Gasteiger partial charge in [0.2, 0.25) is 5.13 Å². The van der Waals surface area contributed by atoms with Gasteiger partial charge in [-0.25, -0.2) is 0 Å². The zero-order valence-electron chi connectivity index (χ0n) is 16.5. The van der Waals surface area contributed by atoms with Crippen molar-refractivity contribution in [2.45, 2.75) is 26.8 Å². The van der Waals surface area contributed by atoms with Crippen molar-refractivity contribution in [1.82, 2.24) is 10.2 Å². The SMILES string of the molecule is Cc1ccc(C)c(/C(O)=C2\C(=O)C(=O)N(c3nnc(C)s3)C2c2ccc(Cl)cc2)c1. The molecule has 1 unspecified atom stereocenters. The number of hydrogen-bond donors (Lipinski definition) is 1. The van der Waals surface area contributed by atoms with Gasteiger partial charge in [-0.2, -0.15) is 0 Å². The number of hydrogen-bond acceptors (Lipinski definition) is 6. The van der Waals surface area contributed by atoms with E-state index in [0.717, 1.165) is 11.1 Å². The Hall–Kier alpha value is -3.03. The molecule has 1 aliphatic heterocycles. The first-order valence-corrected chi connectivity index (χ1v) is 10.4. The van der Waals surface area contributed by atoms with E-state index in [9.17, 15) is 14.7 Å². The van der Waals surface area contributed by atoms with E-state index in [1.54, 1.807) is 37.3 Å². The summed E-state index contributed by atoms with van der Waals surface area (Å²) in [6.07, 6.45) is 0. The molecular formula is C22H18ClN3O3S. The lowest BCUT2D eigenvalue weighted by Crippen LogP contribution is -2.29. The Bertz CT molecular complexity index is 1200. The normalized spacial score (nSPS) is 18.3. The van der Waals surface area contributed by atoms with Crippen molar-refractivity contribution >= 4 is 45.5 Å². The first-order valence-electron chi connectivity index (χ1n) is 9.22. The summed E-state index contributed by atoms with van der Waals surface area (Å²) in [6, 6.07) is 11.6. The number of amides is 1. The van der Waals surface area contributed by atoms with E-state index >= 15 is 0 Å². The highest BCUT2D eigenvalue weighted by molar-refractivity contribution is 7.15. The predicted molar refractivity (Wildman–Crippen MR) is 117 cm³/mol. The number of aryl methyl sites for hydroxylation is 3. The topological polar surface area (TPSA) is 83.4 Å². The average Bonchev–Trinajstić information content (AvgIpc) is 3.25. The molecule has 1 fully saturated rings. The molecule has 1 atom stereocenters. The predicted octanol–water partition coefficient (Wildman–Crippen LogP) is 4.74. The number of rotatable bonds is 3. The molecule has 2 aromatic carbocycles. The molecule has 4 rings (SSSR count). The fourth-order valence-electron chi connectivity index (χ4n) is 3.51. The molecule has 0 radical (unpaired) electrons. The summed E-state index contributed by atoms with van der Waals surface area (Å²) in [5, 5.41) is 20.7. The van der Waals surface area contributed by atoms with E-state index in [1.165, 1.54) is 16.2 Å². The zero-order valence-corrected chi connectivity index (χ0v) is 18.1. The Kier molecular flexibility index (Phi) is 5.17. The largest absolute Gasteiger partial charge is 0.507 e. The van der Waals surface area contributed by atoms with Crippen LogP contribution < -0.4 is 4.90 Å². The summed E-state index contributed by atoms with van der Waals surface area (Å²) in [5.74, 6) is -1.72. The van der Waals surface area contributed by atoms with Gasteiger partial charge >= 0.3 is 5.91 Å². The Balaban J connectivity index is 1.97. The van der Waals surface area contributed by atoms with Crippen LogP contribution in [0.25, 0.3) is 5.76 Å². The lowest BCUT2D eigenvalue weighted by molar-refractivity contribution is -0.132. The maximum absolute atomic E-state index is 13.1. The molecule has 3 aromatic rings. The highest BCUT2D eigenvalue weighted by Gasteiger charge is 2.48. The summed E-state index contributed by atoms with van der Waals surface area (Å²) in [5.41, 5.74) is 2.90. The van der Waals surface area contributed by atoms with Crippen molar-refractivity contribution in [2.75, 3.05) is 4.90 Å². The molecule has 2 heterocycles. The van der Waals surface area contributed by atoms with E-state index < -0.39 is 17.7 Å². The number of aromatic nitrogens is 2. The van der Waals surface area contributed by atoms with Gasteiger partial charge in [0.15, 0.2) is 0 Å². The first kappa shape index (κ1) is 20.3. The number of carbonyl (C=O) groups is 2. The standard InChI is InChI=1S/C22H18ClN3O3S/c1-11-4-5-12(2)16(10-11)19(27)17-18(14-6-8-15(23)9-7-14)26(21(29)20(17)28)22-25-24-13(3)30-22/h4-10,18,27H,1-3H3/b19-17+. The summed E-state index contributed by atoms with van der Waals surface area (Å²) in [7, 11) is 0. The highest BCUT2D eigenvalue weighted by Crippen LogP contribution is 2.43. The fraction of sp³-hybridized carbons (Fsp3) is 0.182. The summed E-state index contributed by atoms with van der Waals surface area (Å²) < 4.78 is 0. The maximum Gasteiger partial charge on any atom is 0.301 e.